The predicted octanol–water partition coefficient (Wildman–Crippen LogP) is 4.47. The van der Waals surface area contributed by atoms with E-state index in [-0.39, 0.29) is 5.91 Å². The summed E-state index contributed by atoms with van der Waals surface area (Å²) in [5, 5.41) is 0.520. The summed E-state index contributed by atoms with van der Waals surface area (Å²) in [6.07, 6.45) is 0. The van der Waals surface area contributed by atoms with Crippen molar-refractivity contribution in [2.45, 2.75) is 6.92 Å². The molecule has 0 saturated heterocycles. The quantitative estimate of drug-likeness (QED) is 0.681. The number of rotatable bonds is 3. The number of nitrogens with zero attached hydrogens (tertiary/aromatic N) is 2. The van der Waals surface area contributed by atoms with Gasteiger partial charge in [-0.15, -0.1) is 11.3 Å². The molecule has 128 valence electrons. The van der Waals surface area contributed by atoms with Crippen LogP contribution in [0.1, 0.15) is 15.2 Å². The van der Waals surface area contributed by atoms with Gasteiger partial charge in [0.2, 0.25) is 0 Å². The minimum Gasteiger partial charge on any atom is -0.497 e. The maximum Gasteiger partial charge on any atom is 0.279 e. The third-order valence-electron chi connectivity index (χ3n) is 3.83. The van der Waals surface area contributed by atoms with Gasteiger partial charge in [-0.1, -0.05) is 17.7 Å². The van der Waals surface area contributed by atoms with E-state index in [0.717, 1.165) is 21.9 Å². The molecule has 0 unspecified atom stereocenters. The van der Waals surface area contributed by atoms with Gasteiger partial charge in [0, 0.05) is 22.5 Å². The van der Waals surface area contributed by atoms with Crippen LogP contribution in [0.2, 0.25) is 5.02 Å². The summed E-state index contributed by atoms with van der Waals surface area (Å²) in [6.45, 7) is 2.02. The monoisotopic (exact) mass is 372 g/mol. The van der Waals surface area contributed by atoms with Crippen LogP contribution < -0.4 is 9.54 Å². The first-order chi connectivity index (χ1) is 12.0. The number of benzene rings is 2. The van der Waals surface area contributed by atoms with E-state index in [1.54, 1.807) is 31.4 Å². The molecule has 6 heteroatoms. The van der Waals surface area contributed by atoms with E-state index < -0.39 is 0 Å². The number of halogens is 1. The molecule has 0 bridgehead atoms. The van der Waals surface area contributed by atoms with Crippen LogP contribution in [0.5, 0.6) is 5.75 Å². The lowest BCUT2D eigenvalue weighted by atomic mass is 10.1. The third-order valence-corrected chi connectivity index (χ3v) is 5.11. The van der Waals surface area contributed by atoms with Crippen molar-refractivity contribution in [3.63, 3.8) is 0 Å². The van der Waals surface area contributed by atoms with E-state index >= 15 is 0 Å². The van der Waals surface area contributed by atoms with Gasteiger partial charge in [0.15, 0.2) is 4.80 Å². The summed E-state index contributed by atoms with van der Waals surface area (Å²) < 4.78 is 7.14. The smallest absolute Gasteiger partial charge is 0.279 e. The van der Waals surface area contributed by atoms with Gasteiger partial charge in [-0.05, 0) is 55.0 Å². The minimum absolute atomic E-state index is 0.305. The number of aryl methyl sites for hydroxylation is 1. The summed E-state index contributed by atoms with van der Waals surface area (Å²) >= 11 is 7.43. The number of thiazole rings is 1. The zero-order chi connectivity index (χ0) is 18.0. The van der Waals surface area contributed by atoms with Crippen molar-refractivity contribution < 1.29 is 9.53 Å². The summed E-state index contributed by atoms with van der Waals surface area (Å²) in [6, 6.07) is 14.6. The van der Waals surface area contributed by atoms with Crippen molar-refractivity contribution in [1.29, 1.82) is 0 Å². The second-order valence-electron chi connectivity index (χ2n) is 5.50. The van der Waals surface area contributed by atoms with Crippen molar-refractivity contribution >= 4 is 28.8 Å². The topological polar surface area (TPSA) is 43.6 Å². The highest BCUT2D eigenvalue weighted by atomic mass is 35.5. The molecule has 0 fully saturated rings. The molecular weight excluding hydrogens is 356 g/mol. The molecule has 1 aromatic heterocycles. The first kappa shape index (κ1) is 17.5. The van der Waals surface area contributed by atoms with Crippen molar-refractivity contribution in [1.82, 2.24) is 4.57 Å². The largest absolute Gasteiger partial charge is 0.497 e. The summed E-state index contributed by atoms with van der Waals surface area (Å²) in [7, 11) is 3.55. The number of carbonyl (C=O) groups excluding carboxylic acids is 1. The summed E-state index contributed by atoms with van der Waals surface area (Å²) in [5.74, 6) is 0.501. The Morgan fingerprint density at radius 1 is 1.20 bits per heavy atom. The van der Waals surface area contributed by atoms with Gasteiger partial charge in [-0.3, -0.25) is 4.79 Å². The molecule has 0 atom stereocenters. The molecule has 4 nitrogen and oxygen atoms in total. The van der Waals surface area contributed by atoms with Crippen LogP contribution in [-0.2, 0) is 7.05 Å². The molecule has 3 rings (SSSR count). The Hall–Kier alpha value is -2.37. The lowest BCUT2D eigenvalue weighted by molar-refractivity contribution is 0.0998. The molecule has 0 aliphatic carbocycles. The van der Waals surface area contributed by atoms with E-state index in [1.807, 2.05) is 42.8 Å². The average Bonchev–Trinajstić information content (AvgIpc) is 2.88. The number of hydrogen-bond donors (Lipinski definition) is 0. The van der Waals surface area contributed by atoms with Crippen LogP contribution in [0.4, 0.5) is 0 Å². The maximum atomic E-state index is 12.4. The fourth-order valence-electron chi connectivity index (χ4n) is 2.60. The molecule has 2 aromatic carbocycles. The van der Waals surface area contributed by atoms with E-state index in [9.17, 15) is 4.79 Å². The molecule has 25 heavy (non-hydrogen) atoms. The van der Waals surface area contributed by atoms with E-state index in [1.165, 1.54) is 11.3 Å². The van der Waals surface area contributed by atoms with Crippen molar-refractivity contribution in [3.8, 4) is 17.0 Å². The van der Waals surface area contributed by atoms with Gasteiger partial charge in [-0.2, -0.15) is 4.99 Å². The molecule has 0 N–H and O–H groups in total. The average molecular weight is 373 g/mol. The number of hydrogen-bond acceptors (Lipinski definition) is 3. The van der Waals surface area contributed by atoms with Crippen LogP contribution in [0.3, 0.4) is 0 Å². The number of carbonyl (C=O) groups is 1. The van der Waals surface area contributed by atoms with Gasteiger partial charge in [0.05, 0.1) is 12.8 Å². The van der Waals surface area contributed by atoms with E-state index in [2.05, 4.69) is 4.99 Å². The number of methoxy groups -OCH3 is 1. The van der Waals surface area contributed by atoms with E-state index in [4.69, 9.17) is 16.3 Å². The molecule has 1 heterocycles. The fourth-order valence-corrected chi connectivity index (χ4v) is 3.77. The normalized spacial score (nSPS) is 11.6. The second kappa shape index (κ2) is 7.25. The third kappa shape index (κ3) is 3.67. The number of ether oxygens (including phenoxy) is 1. The Balaban J connectivity index is 2.02. The summed E-state index contributed by atoms with van der Waals surface area (Å²) in [4.78, 5) is 18.4. The van der Waals surface area contributed by atoms with Crippen LogP contribution in [-0.4, -0.2) is 17.6 Å². The molecule has 0 aliphatic heterocycles. The van der Waals surface area contributed by atoms with Crippen molar-refractivity contribution in [2.24, 2.45) is 12.0 Å². The molecular formula is C19H17ClN2O2S. The zero-order valence-corrected chi connectivity index (χ0v) is 15.7. The van der Waals surface area contributed by atoms with Crippen LogP contribution in [0.15, 0.2) is 53.5 Å². The fraction of sp³-hybridized carbons (Fsp3) is 0.158. The zero-order valence-electron chi connectivity index (χ0n) is 14.1. The molecule has 0 aliphatic rings. The SMILES string of the molecule is COc1ccc(-c2c(C)sc(=NC(=O)c3cccc(Cl)c3)n2C)cc1. The summed E-state index contributed by atoms with van der Waals surface area (Å²) in [5.41, 5.74) is 2.56. The van der Waals surface area contributed by atoms with Crippen LogP contribution in [0.25, 0.3) is 11.3 Å². The Labute approximate surface area is 155 Å². The van der Waals surface area contributed by atoms with Crippen molar-refractivity contribution in [3.05, 3.63) is 68.8 Å². The highest BCUT2D eigenvalue weighted by Crippen LogP contribution is 2.26. The van der Waals surface area contributed by atoms with Gasteiger partial charge < -0.3 is 9.30 Å². The lowest BCUT2D eigenvalue weighted by Gasteiger charge is -2.06. The van der Waals surface area contributed by atoms with Crippen LogP contribution >= 0.6 is 22.9 Å². The minimum atomic E-state index is -0.305. The first-order valence-corrected chi connectivity index (χ1v) is 8.84. The highest BCUT2D eigenvalue weighted by molar-refractivity contribution is 7.09. The highest BCUT2D eigenvalue weighted by Gasteiger charge is 2.12. The van der Waals surface area contributed by atoms with Gasteiger partial charge in [0.25, 0.3) is 5.91 Å². The number of aromatic nitrogens is 1. The lowest BCUT2D eigenvalue weighted by Crippen LogP contribution is -2.14. The Bertz CT molecular complexity index is 987. The van der Waals surface area contributed by atoms with Gasteiger partial charge in [0.1, 0.15) is 5.75 Å². The molecule has 1 amide bonds. The molecule has 3 aromatic rings. The number of amides is 1. The molecule has 0 saturated carbocycles. The Morgan fingerprint density at radius 3 is 2.56 bits per heavy atom. The maximum absolute atomic E-state index is 12.4. The van der Waals surface area contributed by atoms with Gasteiger partial charge in [-0.25, -0.2) is 0 Å². The van der Waals surface area contributed by atoms with Crippen molar-refractivity contribution in [2.75, 3.05) is 7.11 Å². The first-order valence-electron chi connectivity index (χ1n) is 7.65. The Kier molecular flexibility index (Phi) is 5.06. The van der Waals surface area contributed by atoms with Crippen LogP contribution in [0, 0.1) is 6.92 Å². The van der Waals surface area contributed by atoms with Gasteiger partial charge >= 0.3 is 0 Å². The molecule has 0 spiro atoms. The second-order valence-corrected chi connectivity index (χ2v) is 7.12. The van der Waals surface area contributed by atoms with E-state index in [0.29, 0.717) is 15.4 Å². The molecule has 0 radical (unpaired) electrons. The predicted molar refractivity (Wildman–Crippen MR) is 101 cm³/mol. The standard InChI is InChI=1S/C19H17ClN2O2S/c1-12-17(13-7-9-16(24-3)10-8-13)22(2)19(25-12)21-18(23)14-5-4-6-15(20)11-14/h4-11H,1-3H3. The Morgan fingerprint density at radius 2 is 1.92 bits per heavy atom.